The van der Waals surface area contributed by atoms with E-state index >= 15 is 0 Å². The first kappa shape index (κ1) is 11.8. The van der Waals surface area contributed by atoms with Gasteiger partial charge in [0.2, 0.25) is 0 Å². The molecule has 0 aliphatic carbocycles. The van der Waals surface area contributed by atoms with E-state index in [-0.39, 0.29) is 6.61 Å². The Bertz CT molecular complexity index is 457. The van der Waals surface area contributed by atoms with Crippen LogP contribution in [0.4, 0.5) is 0 Å². The van der Waals surface area contributed by atoms with Crippen LogP contribution in [0.15, 0.2) is 28.7 Å². The number of aromatic nitrogens is 1. The van der Waals surface area contributed by atoms with Gasteiger partial charge in [0.15, 0.2) is 0 Å². The molecule has 0 saturated heterocycles. The molecular formula is C12H12BrNOS. The third kappa shape index (κ3) is 2.34. The average Bonchev–Trinajstić information content (AvgIpc) is 2.73. The molecule has 1 aromatic carbocycles. The van der Waals surface area contributed by atoms with Crippen LogP contribution < -0.4 is 0 Å². The number of thiazole rings is 1. The van der Waals surface area contributed by atoms with E-state index in [4.69, 9.17) is 0 Å². The zero-order valence-corrected chi connectivity index (χ0v) is 11.3. The van der Waals surface area contributed by atoms with Crippen LogP contribution in [0.1, 0.15) is 17.5 Å². The molecule has 0 atom stereocenters. The van der Waals surface area contributed by atoms with E-state index < -0.39 is 0 Å². The van der Waals surface area contributed by atoms with Gasteiger partial charge in [0, 0.05) is 14.9 Å². The Morgan fingerprint density at radius 1 is 1.31 bits per heavy atom. The molecule has 2 nitrogen and oxygen atoms in total. The maximum Gasteiger partial charge on any atom is 0.123 e. The number of halogens is 1. The SMILES string of the molecule is CCc1sc(-c2ccc(Br)cc2)nc1CO. The number of nitrogens with zero attached hydrogens (tertiary/aromatic N) is 1. The molecule has 0 amide bonds. The molecule has 16 heavy (non-hydrogen) atoms. The maximum absolute atomic E-state index is 9.19. The Labute approximate surface area is 107 Å². The van der Waals surface area contributed by atoms with Crippen LogP contribution in [0.5, 0.6) is 0 Å². The Hall–Kier alpha value is -0.710. The topological polar surface area (TPSA) is 33.1 Å². The molecule has 84 valence electrons. The summed E-state index contributed by atoms with van der Waals surface area (Å²) in [5.74, 6) is 0. The largest absolute Gasteiger partial charge is 0.390 e. The monoisotopic (exact) mass is 297 g/mol. The number of aliphatic hydroxyl groups excluding tert-OH is 1. The Morgan fingerprint density at radius 2 is 2.00 bits per heavy atom. The van der Waals surface area contributed by atoms with Crippen LogP contribution in [-0.2, 0) is 13.0 Å². The van der Waals surface area contributed by atoms with Crippen LogP contribution in [0, 0.1) is 0 Å². The molecule has 0 bridgehead atoms. The normalized spacial score (nSPS) is 10.7. The van der Waals surface area contributed by atoms with Crippen molar-refractivity contribution < 1.29 is 5.11 Å². The summed E-state index contributed by atoms with van der Waals surface area (Å²) >= 11 is 5.06. The highest BCUT2D eigenvalue weighted by Crippen LogP contribution is 2.29. The van der Waals surface area contributed by atoms with Crippen molar-refractivity contribution in [3.05, 3.63) is 39.3 Å². The Morgan fingerprint density at radius 3 is 2.50 bits per heavy atom. The van der Waals surface area contributed by atoms with E-state index in [1.165, 1.54) is 4.88 Å². The summed E-state index contributed by atoms with van der Waals surface area (Å²) in [5, 5.41) is 10.2. The standard InChI is InChI=1S/C12H12BrNOS/c1-2-11-10(7-15)14-12(16-11)8-3-5-9(13)6-4-8/h3-6,15H,2,7H2,1H3. The number of benzene rings is 1. The zero-order chi connectivity index (χ0) is 11.5. The molecule has 0 fully saturated rings. The average molecular weight is 298 g/mol. The third-order valence-corrected chi connectivity index (χ3v) is 4.16. The number of hydrogen-bond acceptors (Lipinski definition) is 3. The van der Waals surface area contributed by atoms with E-state index in [0.717, 1.165) is 27.2 Å². The Balaban J connectivity index is 2.40. The van der Waals surface area contributed by atoms with E-state index in [9.17, 15) is 5.11 Å². The van der Waals surface area contributed by atoms with Crippen LogP contribution in [-0.4, -0.2) is 10.1 Å². The van der Waals surface area contributed by atoms with Crippen LogP contribution in [0.25, 0.3) is 10.6 Å². The fourth-order valence-electron chi connectivity index (χ4n) is 1.50. The lowest BCUT2D eigenvalue weighted by molar-refractivity contribution is 0.276. The number of hydrogen-bond donors (Lipinski definition) is 1. The van der Waals surface area contributed by atoms with Crippen LogP contribution >= 0.6 is 27.3 Å². The predicted octanol–water partition coefficient (Wildman–Crippen LogP) is 3.63. The molecule has 1 heterocycles. The highest BCUT2D eigenvalue weighted by atomic mass is 79.9. The van der Waals surface area contributed by atoms with Crippen LogP contribution in [0.2, 0.25) is 0 Å². The minimum atomic E-state index is 0.0240. The maximum atomic E-state index is 9.19. The minimum absolute atomic E-state index is 0.0240. The molecular weight excluding hydrogens is 286 g/mol. The molecule has 0 aliphatic heterocycles. The van der Waals surface area contributed by atoms with Gasteiger partial charge < -0.3 is 5.11 Å². The summed E-state index contributed by atoms with van der Waals surface area (Å²) in [7, 11) is 0. The van der Waals surface area contributed by atoms with Gasteiger partial charge in [0.05, 0.1) is 12.3 Å². The summed E-state index contributed by atoms with van der Waals surface area (Å²) < 4.78 is 1.06. The molecule has 2 rings (SSSR count). The summed E-state index contributed by atoms with van der Waals surface area (Å²) in [6.45, 7) is 2.11. The van der Waals surface area contributed by atoms with E-state index in [0.29, 0.717) is 0 Å². The molecule has 0 saturated carbocycles. The van der Waals surface area contributed by atoms with Crippen molar-refractivity contribution in [2.75, 3.05) is 0 Å². The van der Waals surface area contributed by atoms with Crippen molar-refractivity contribution in [2.45, 2.75) is 20.0 Å². The lowest BCUT2D eigenvalue weighted by Crippen LogP contribution is -1.88. The van der Waals surface area contributed by atoms with Gasteiger partial charge in [-0.3, -0.25) is 0 Å². The highest BCUT2D eigenvalue weighted by molar-refractivity contribution is 9.10. The van der Waals surface area contributed by atoms with Gasteiger partial charge in [0.1, 0.15) is 5.01 Å². The Kier molecular flexibility index (Phi) is 3.74. The zero-order valence-electron chi connectivity index (χ0n) is 8.90. The molecule has 1 N–H and O–H groups in total. The summed E-state index contributed by atoms with van der Waals surface area (Å²) in [6, 6.07) is 8.06. The minimum Gasteiger partial charge on any atom is -0.390 e. The molecule has 0 spiro atoms. The van der Waals surface area contributed by atoms with Crippen molar-refractivity contribution >= 4 is 27.3 Å². The molecule has 2 aromatic rings. The molecule has 4 heteroatoms. The molecule has 0 unspecified atom stereocenters. The summed E-state index contributed by atoms with van der Waals surface area (Å²) in [5.41, 5.74) is 1.91. The smallest absolute Gasteiger partial charge is 0.123 e. The number of rotatable bonds is 3. The van der Waals surface area contributed by atoms with Crippen LogP contribution in [0.3, 0.4) is 0 Å². The second-order valence-corrected chi connectivity index (χ2v) is 5.41. The van der Waals surface area contributed by atoms with Crippen molar-refractivity contribution in [2.24, 2.45) is 0 Å². The van der Waals surface area contributed by atoms with Gasteiger partial charge in [0.25, 0.3) is 0 Å². The van der Waals surface area contributed by atoms with Gasteiger partial charge in [-0.1, -0.05) is 35.0 Å². The molecule has 0 radical (unpaired) electrons. The van der Waals surface area contributed by atoms with Crippen molar-refractivity contribution in [3.63, 3.8) is 0 Å². The van der Waals surface area contributed by atoms with E-state index in [2.05, 4.69) is 27.8 Å². The first-order valence-electron chi connectivity index (χ1n) is 5.10. The van der Waals surface area contributed by atoms with E-state index in [1.807, 2.05) is 24.3 Å². The predicted molar refractivity (Wildman–Crippen MR) is 70.6 cm³/mol. The van der Waals surface area contributed by atoms with Gasteiger partial charge in [-0.15, -0.1) is 11.3 Å². The molecule has 0 aliphatic rings. The fraction of sp³-hybridized carbons (Fsp3) is 0.250. The third-order valence-electron chi connectivity index (χ3n) is 2.34. The van der Waals surface area contributed by atoms with Crippen molar-refractivity contribution in [1.29, 1.82) is 0 Å². The summed E-state index contributed by atoms with van der Waals surface area (Å²) in [6.07, 6.45) is 0.921. The van der Waals surface area contributed by atoms with Gasteiger partial charge >= 0.3 is 0 Å². The second-order valence-electron chi connectivity index (χ2n) is 3.41. The van der Waals surface area contributed by atoms with Crippen molar-refractivity contribution in [1.82, 2.24) is 4.98 Å². The lowest BCUT2D eigenvalue weighted by Gasteiger charge is -1.95. The highest BCUT2D eigenvalue weighted by Gasteiger charge is 2.10. The quantitative estimate of drug-likeness (QED) is 0.938. The molecule has 1 aromatic heterocycles. The lowest BCUT2D eigenvalue weighted by atomic mass is 10.2. The number of aliphatic hydroxyl groups is 1. The van der Waals surface area contributed by atoms with Gasteiger partial charge in [-0.2, -0.15) is 0 Å². The van der Waals surface area contributed by atoms with Crippen molar-refractivity contribution in [3.8, 4) is 10.6 Å². The summed E-state index contributed by atoms with van der Waals surface area (Å²) in [4.78, 5) is 5.62. The second kappa shape index (κ2) is 5.08. The van der Waals surface area contributed by atoms with E-state index in [1.54, 1.807) is 11.3 Å². The van der Waals surface area contributed by atoms with Gasteiger partial charge in [-0.05, 0) is 18.6 Å². The van der Waals surface area contributed by atoms with Gasteiger partial charge in [-0.25, -0.2) is 4.98 Å². The fourth-order valence-corrected chi connectivity index (χ4v) is 2.78. The first-order valence-corrected chi connectivity index (χ1v) is 6.71. The number of aryl methyl sites for hydroxylation is 1. The first-order chi connectivity index (χ1) is 7.74.